The van der Waals surface area contributed by atoms with E-state index in [2.05, 4.69) is 18.7 Å². The fourth-order valence-corrected chi connectivity index (χ4v) is 2.00. The Morgan fingerprint density at radius 1 is 1.28 bits per heavy atom. The normalized spacial score (nSPS) is 11.1. The fourth-order valence-electron chi connectivity index (χ4n) is 1.21. The largest absolute Gasteiger partial charge is 0.457 e. The van der Waals surface area contributed by atoms with E-state index < -0.39 is 5.60 Å². The predicted octanol–water partition coefficient (Wildman–Crippen LogP) is 3.99. The number of hydrogen-bond acceptors (Lipinski definition) is 3. The lowest BCUT2D eigenvalue weighted by Gasteiger charge is -2.20. The summed E-state index contributed by atoms with van der Waals surface area (Å²) in [5.74, 6) is 0.236. The molecule has 0 aliphatic rings. The highest BCUT2D eigenvalue weighted by molar-refractivity contribution is 7.99. The molecule has 18 heavy (non-hydrogen) atoms. The van der Waals surface area contributed by atoms with Crippen LogP contribution in [0.25, 0.3) is 0 Å². The summed E-state index contributed by atoms with van der Waals surface area (Å²) >= 11 is 1.59. The average Bonchev–Trinajstić information content (AvgIpc) is 2.25. The van der Waals surface area contributed by atoms with Crippen LogP contribution in [0.1, 0.15) is 26.3 Å². The maximum absolute atomic E-state index is 11.7. The second-order valence-corrected chi connectivity index (χ2v) is 6.26. The van der Waals surface area contributed by atoms with Crippen LogP contribution in [0, 0.1) is 6.92 Å². The number of thioether (sulfide) groups is 1. The van der Waals surface area contributed by atoms with Crippen LogP contribution >= 0.6 is 11.8 Å². The highest BCUT2D eigenvalue weighted by Crippen LogP contribution is 2.21. The van der Waals surface area contributed by atoms with Crippen LogP contribution in [0.5, 0.6) is 0 Å². The monoisotopic (exact) mass is 264 g/mol. The number of rotatable bonds is 4. The topological polar surface area (TPSA) is 26.3 Å². The molecule has 0 saturated carbocycles. The molecular formula is C15H20O2S. The Bertz CT molecular complexity index is 427. The highest BCUT2D eigenvalue weighted by Gasteiger charge is 2.18. The van der Waals surface area contributed by atoms with Crippen molar-refractivity contribution in [2.45, 2.75) is 38.2 Å². The van der Waals surface area contributed by atoms with Gasteiger partial charge in [0.05, 0.1) is 0 Å². The van der Waals surface area contributed by atoms with Gasteiger partial charge < -0.3 is 4.74 Å². The molecule has 0 N–H and O–H groups in total. The molecule has 0 aliphatic heterocycles. The minimum atomic E-state index is -0.464. The maximum atomic E-state index is 11.7. The van der Waals surface area contributed by atoms with Gasteiger partial charge in [-0.1, -0.05) is 24.3 Å². The molecule has 0 unspecified atom stereocenters. The molecule has 0 spiro atoms. The molecule has 0 heterocycles. The second-order valence-electron chi connectivity index (χ2n) is 5.21. The van der Waals surface area contributed by atoms with Crippen molar-refractivity contribution < 1.29 is 9.53 Å². The molecule has 0 aromatic heterocycles. The van der Waals surface area contributed by atoms with Crippen molar-refractivity contribution in [3.63, 3.8) is 0 Å². The second kappa shape index (κ2) is 6.10. The first-order valence-corrected chi connectivity index (χ1v) is 6.87. The Kier molecular flexibility index (Phi) is 5.03. The van der Waals surface area contributed by atoms with E-state index in [1.807, 2.05) is 39.8 Å². The summed E-state index contributed by atoms with van der Waals surface area (Å²) in [6.07, 6.45) is 0. The van der Waals surface area contributed by atoms with Crippen molar-refractivity contribution in [3.8, 4) is 0 Å². The molecule has 0 atom stereocenters. The molecule has 0 saturated heterocycles. The van der Waals surface area contributed by atoms with Gasteiger partial charge in [-0.25, -0.2) is 4.79 Å². The van der Waals surface area contributed by atoms with Crippen LogP contribution in [-0.2, 0) is 9.53 Å². The maximum Gasteiger partial charge on any atom is 0.334 e. The van der Waals surface area contributed by atoms with Gasteiger partial charge in [-0.15, -0.1) is 11.8 Å². The van der Waals surface area contributed by atoms with E-state index in [4.69, 9.17) is 4.74 Å². The number of hydrogen-bond donors (Lipinski definition) is 0. The molecule has 1 aromatic carbocycles. The lowest BCUT2D eigenvalue weighted by atomic mass is 10.2. The zero-order valence-electron chi connectivity index (χ0n) is 11.4. The van der Waals surface area contributed by atoms with Crippen LogP contribution in [0.4, 0.5) is 0 Å². The average molecular weight is 264 g/mol. The van der Waals surface area contributed by atoms with E-state index in [1.54, 1.807) is 11.8 Å². The first-order valence-electron chi connectivity index (χ1n) is 5.88. The molecular weight excluding hydrogens is 244 g/mol. The number of carbonyl (C=O) groups excluding carboxylic acids is 1. The van der Waals surface area contributed by atoms with Crippen LogP contribution in [0.3, 0.4) is 0 Å². The van der Waals surface area contributed by atoms with Gasteiger partial charge in [0.2, 0.25) is 0 Å². The zero-order chi connectivity index (χ0) is 13.8. The van der Waals surface area contributed by atoms with Gasteiger partial charge in [-0.05, 0) is 39.8 Å². The number of benzene rings is 1. The Hall–Kier alpha value is -1.22. The third kappa shape index (κ3) is 5.41. The summed E-state index contributed by atoms with van der Waals surface area (Å²) in [4.78, 5) is 12.8. The van der Waals surface area contributed by atoms with E-state index in [9.17, 15) is 4.79 Å². The van der Waals surface area contributed by atoms with Crippen molar-refractivity contribution in [1.29, 1.82) is 0 Å². The summed E-state index contributed by atoms with van der Waals surface area (Å²) in [6.45, 7) is 11.4. The summed E-state index contributed by atoms with van der Waals surface area (Å²) in [7, 11) is 0. The molecule has 98 valence electrons. The standard InChI is InChI=1S/C15H20O2S/c1-11-6-8-13(9-7-11)18-10-12(2)14(16)17-15(3,4)5/h6-9H,2,10H2,1,3-5H3. The van der Waals surface area contributed by atoms with Gasteiger partial charge in [-0.2, -0.15) is 0 Å². The summed E-state index contributed by atoms with van der Waals surface area (Å²) in [5, 5.41) is 0. The number of esters is 1. The van der Waals surface area contributed by atoms with Gasteiger partial charge in [0, 0.05) is 16.2 Å². The molecule has 0 fully saturated rings. The number of ether oxygens (including phenoxy) is 1. The first kappa shape index (κ1) is 14.8. The van der Waals surface area contributed by atoms with Gasteiger partial charge >= 0.3 is 5.97 Å². The van der Waals surface area contributed by atoms with Crippen LogP contribution in [-0.4, -0.2) is 17.3 Å². The molecule has 1 aromatic rings. The van der Waals surface area contributed by atoms with Crippen molar-refractivity contribution in [2.24, 2.45) is 0 Å². The first-order chi connectivity index (χ1) is 8.28. The van der Waals surface area contributed by atoms with Crippen molar-refractivity contribution in [3.05, 3.63) is 42.0 Å². The van der Waals surface area contributed by atoms with Gasteiger partial charge in [0.25, 0.3) is 0 Å². The Morgan fingerprint density at radius 2 is 1.83 bits per heavy atom. The minimum absolute atomic E-state index is 0.317. The van der Waals surface area contributed by atoms with Crippen LogP contribution in [0.15, 0.2) is 41.3 Å². The Labute approximate surface area is 113 Å². The van der Waals surface area contributed by atoms with Crippen LogP contribution in [0.2, 0.25) is 0 Å². The van der Waals surface area contributed by atoms with E-state index >= 15 is 0 Å². The van der Waals surface area contributed by atoms with Crippen molar-refractivity contribution >= 4 is 17.7 Å². The van der Waals surface area contributed by atoms with Crippen molar-refractivity contribution in [2.75, 3.05) is 5.75 Å². The molecule has 2 nitrogen and oxygen atoms in total. The third-order valence-corrected chi connectivity index (χ3v) is 3.22. The Balaban J connectivity index is 2.46. The molecule has 0 aliphatic carbocycles. The Morgan fingerprint density at radius 3 is 2.33 bits per heavy atom. The molecule has 3 heteroatoms. The quantitative estimate of drug-likeness (QED) is 0.467. The number of carbonyl (C=O) groups is 1. The van der Waals surface area contributed by atoms with E-state index in [0.717, 1.165) is 4.90 Å². The summed E-state index contributed by atoms with van der Waals surface area (Å²) in [5.41, 5.74) is 1.26. The fraction of sp³-hybridized carbons (Fsp3) is 0.400. The summed E-state index contributed by atoms with van der Waals surface area (Å²) < 4.78 is 5.26. The van der Waals surface area contributed by atoms with Crippen molar-refractivity contribution in [1.82, 2.24) is 0 Å². The smallest absolute Gasteiger partial charge is 0.334 e. The molecule has 0 bridgehead atoms. The minimum Gasteiger partial charge on any atom is -0.457 e. The third-order valence-electron chi connectivity index (χ3n) is 2.12. The van der Waals surface area contributed by atoms with Gasteiger partial charge in [0.15, 0.2) is 0 Å². The van der Waals surface area contributed by atoms with E-state index in [-0.39, 0.29) is 5.97 Å². The lowest BCUT2D eigenvalue weighted by Crippen LogP contribution is -2.25. The van der Waals surface area contributed by atoms with Gasteiger partial charge in [0.1, 0.15) is 5.60 Å². The van der Waals surface area contributed by atoms with E-state index in [0.29, 0.717) is 11.3 Å². The zero-order valence-corrected chi connectivity index (χ0v) is 12.3. The predicted molar refractivity (Wildman–Crippen MR) is 76.9 cm³/mol. The molecule has 0 radical (unpaired) electrons. The number of aryl methyl sites for hydroxylation is 1. The van der Waals surface area contributed by atoms with Crippen LogP contribution < -0.4 is 0 Å². The molecule has 1 rings (SSSR count). The van der Waals surface area contributed by atoms with Gasteiger partial charge in [-0.3, -0.25) is 0 Å². The summed E-state index contributed by atoms with van der Waals surface area (Å²) in [6, 6.07) is 8.20. The lowest BCUT2D eigenvalue weighted by molar-refractivity contribution is -0.149. The van der Waals surface area contributed by atoms with E-state index in [1.165, 1.54) is 5.56 Å². The highest BCUT2D eigenvalue weighted by atomic mass is 32.2. The molecule has 0 amide bonds. The SMILES string of the molecule is C=C(CSc1ccc(C)cc1)C(=O)OC(C)(C)C.